The minimum absolute atomic E-state index is 0.0187. The highest BCUT2D eigenvalue weighted by Gasteiger charge is 2.34. The van der Waals surface area contributed by atoms with Crippen molar-refractivity contribution in [3.63, 3.8) is 0 Å². The van der Waals surface area contributed by atoms with Gasteiger partial charge in [0.1, 0.15) is 0 Å². The van der Waals surface area contributed by atoms with Gasteiger partial charge < -0.3 is 11.1 Å². The summed E-state index contributed by atoms with van der Waals surface area (Å²) in [6, 6.07) is 9.94. The molecule has 1 aliphatic rings. The molecule has 0 aromatic heterocycles. The summed E-state index contributed by atoms with van der Waals surface area (Å²) >= 11 is 1.72. The van der Waals surface area contributed by atoms with Crippen molar-refractivity contribution in [1.82, 2.24) is 5.32 Å². The fourth-order valence-corrected chi connectivity index (χ4v) is 2.69. The molecule has 3 N–H and O–H groups in total. The summed E-state index contributed by atoms with van der Waals surface area (Å²) in [5.74, 6) is 1.49. The molecule has 1 fully saturated rings. The van der Waals surface area contributed by atoms with Gasteiger partial charge in [-0.1, -0.05) is 30.3 Å². The maximum atomic E-state index is 12.1. The van der Waals surface area contributed by atoms with Crippen molar-refractivity contribution in [3.05, 3.63) is 35.9 Å². The van der Waals surface area contributed by atoms with Crippen LogP contribution < -0.4 is 11.1 Å². The average molecular weight is 278 g/mol. The normalized spacial score (nSPS) is 17.8. The third-order valence-corrected chi connectivity index (χ3v) is 4.16. The number of amides is 1. The van der Waals surface area contributed by atoms with Crippen LogP contribution >= 0.6 is 11.8 Å². The Hall–Kier alpha value is -1.00. The highest BCUT2D eigenvalue weighted by atomic mass is 32.2. The molecule has 1 aromatic rings. The summed E-state index contributed by atoms with van der Waals surface area (Å²) in [7, 11) is 0. The number of nitrogens with two attached hydrogens (primary N) is 1. The second kappa shape index (κ2) is 6.96. The lowest BCUT2D eigenvalue weighted by molar-refractivity contribution is -0.123. The fourth-order valence-electron chi connectivity index (χ4n) is 2.20. The van der Waals surface area contributed by atoms with Crippen LogP contribution in [0.15, 0.2) is 30.3 Å². The van der Waals surface area contributed by atoms with E-state index >= 15 is 0 Å². The lowest BCUT2D eigenvalue weighted by Crippen LogP contribution is -2.43. The number of benzene rings is 1. The van der Waals surface area contributed by atoms with Crippen LogP contribution in [0.5, 0.6) is 0 Å². The van der Waals surface area contributed by atoms with E-state index in [4.69, 9.17) is 5.73 Å². The SMILES string of the molecule is CSCC[C@H](N)C(=O)NC(c1ccccc1)C1CC1. The van der Waals surface area contributed by atoms with Crippen molar-refractivity contribution in [2.24, 2.45) is 11.7 Å². The topological polar surface area (TPSA) is 55.1 Å². The van der Waals surface area contributed by atoms with Crippen LogP contribution in [0.25, 0.3) is 0 Å². The first-order valence-corrected chi connectivity index (χ1v) is 8.21. The third kappa shape index (κ3) is 4.25. The van der Waals surface area contributed by atoms with E-state index in [-0.39, 0.29) is 11.9 Å². The van der Waals surface area contributed by atoms with E-state index in [0.717, 1.165) is 12.2 Å². The summed E-state index contributed by atoms with van der Waals surface area (Å²) in [5.41, 5.74) is 7.12. The standard InChI is InChI=1S/C15H22N2OS/c1-19-10-9-13(16)15(18)17-14(12-7-8-12)11-5-3-2-4-6-11/h2-6,12-14H,7-10,16H2,1H3,(H,17,18)/t13-,14?/m0/s1. The van der Waals surface area contributed by atoms with Crippen LogP contribution in [0, 0.1) is 5.92 Å². The summed E-state index contributed by atoms with van der Waals surface area (Å²) in [5, 5.41) is 3.13. The number of hydrogen-bond acceptors (Lipinski definition) is 3. The Bertz CT molecular complexity index is 406. The van der Waals surface area contributed by atoms with Gasteiger partial charge in [-0.3, -0.25) is 4.79 Å². The summed E-state index contributed by atoms with van der Waals surface area (Å²) in [6.45, 7) is 0. The predicted molar refractivity (Wildman–Crippen MR) is 81.0 cm³/mol. The third-order valence-electron chi connectivity index (χ3n) is 3.52. The number of hydrogen-bond donors (Lipinski definition) is 2. The van der Waals surface area contributed by atoms with Crippen LogP contribution in [0.1, 0.15) is 30.9 Å². The van der Waals surface area contributed by atoms with Gasteiger partial charge in [-0.15, -0.1) is 0 Å². The van der Waals surface area contributed by atoms with Crippen LogP contribution in [0.2, 0.25) is 0 Å². The monoisotopic (exact) mass is 278 g/mol. The van der Waals surface area contributed by atoms with Gasteiger partial charge in [0.2, 0.25) is 5.91 Å². The van der Waals surface area contributed by atoms with Gasteiger partial charge >= 0.3 is 0 Å². The second-order valence-corrected chi connectivity index (χ2v) is 6.11. The summed E-state index contributed by atoms with van der Waals surface area (Å²) < 4.78 is 0. The minimum Gasteiger partial charge on any atom is -0.348 e. The largest absolute Gasteiger partial charge is 0.348 e. The number of carbonyl (C=O) groups excluding carboxylic acids is 1. The first-order valence-electron chi connectivity index (χ1n) is 6.82. The molecule has 2 atom stereocenters. The van der Waals surface area contributed by atoms with Crippen molar-refractivity contribution in [3.8, 4) is 0 Å². The van der Waals surface area contributed by atoms with Gasteiger partial charge in [-0.25, -0.2) is 0 Å². The molecule has 1 aromatic carbocycles. The van der Waals surface area contributed by atoms with E-state index in [2.05, 4.69) is 17.4 Å². The molecule has 1 unspecified atom stereocenters. The summed E-state index contributed by atoms with van der Waals surface area (Å²) in [4.78, 5) is 12.1. The lowest BCUT2D eigenvalue weighted by atomic mass is 10.0. The Balaban J connectivity index is 1.96. The molecule has 1 saturated carbocycles. The molecule has 0 radical (unpaired) electrons. The number of nitrogens with one attached hydrogen (secondary N) is 1. The van der Waals surface area contributed by atoms with Gasteiger partial charge in [0.05, 0.1) is 12.1 Å². The van der Waals surface area contributed by atoms with E-state index in [9.17, 15) is 4.79 Å². The van der Waals surface area contributed by atoms with E-state index in [1.807, 2.05) is 24.5 Å². The second-order valence-electron chi connectivity index (χ2n) is 5.12. The van der Waals surface area contributed by atoms with Gasteiger partial charge in [0.15, 0.2) is 0 Å². The molecule has 19 heavy (non-hydrogen) atoms. The first-order chi connectivity index (χ1) is 9.22. The number of thioether (sulfide) groups is 1. The molecule has 0 bridgehead atoms. The molecule has 0 saturated heterocycles. The Kier molecular flexibility index (Phi) is 5.28. The zero-order valence-corrected chi connectivity index (χ0v) is 12.2. The maximum Gasteiger partial charge on any atom is 0.237 e. The van der Waals surface area contributed by atoms with E-state index in [0.29, 0.717) is 5.92 Å². The molecule has 0 heterocycles. The fraction of sp³-hybridized carbons (Fsp3) is 0.533. The highest BCUT2D eigenvalue weighted by Crippen LogP contribution is 2.40. The molecule has 1 amide bonds. The molecule has 4 heteroatoms. The van der Waals surface area contributed by atoms with E-state index < -0.39 is 6.04 Å². The van der Waals surface area contributed by atoms with Crippen LogP contribution in [-0.4, -0.2) is 24.0 Å². The van der Waals surface area contributed by atoms with Gasteiger partial charge in [0.25, 0.3) is 0 Å². The molecule has 104 valence electrons. The molecular formula is C15H22N2OS. The smallest absolute Gasteiger partial charge is 0.237 e. The number of rotatable bonds is 7. The predicted octanol–water partition coefficient (Wildman–Crippen LogP) is 2.33. The maximum absolute atomic E-state index is 12.1. The van der Waals surface area contributed by atoms with Gasteiger partial charge in [-0.2, -0.15) is 11.8 Å². The van der Waals surface area contributed by atoms with Crippen LogP contribution in [-0.2, 0) is 4.79 Å². The molecule has 0 spiro atoms. The quantitative estimate of drug-likeness (QED) is 0.805. The van der Waals surface area contributed by atoms with Crippen molar-refractivity contribution in [2.45, 2.75) is 31.3 Å². The molecule has 0 aliphatic heterocycles. The lowest BCUT2D eigenvalue weighted by Gasteiger charge is -2.21. The van der Waals surface area contributed by atoms with E-state index in [1.165, 1.54) is 18.4 Å². The molecule has 3 nitrogen and oxygen atoms in total. The van der Waals surface area contributed by atoms with Gasteiger partial charge in [0, 0.05) is 0 Å². The minimum atomic E-state index is -0.391. The Labute approximate surface area is 119 Å². The zero-order valence-electron chi connectivity index (χ0n) is 11.3. The van der Waals surface area contributed by atoms with Crippen molar-refractivity contribution >= 4 is 17.7 Å². The van der Waals surface area contributed by atoms with Crippen LogP contribution in [0.4, 0.5) is 0 Å². The van der Waals surface area contributed by atoms with Crippen LogP contribution in [0.3, 0.4) is 0 Å². The summed E-state index contributed by atoms with van der Waals surface area (Å²) in [6.07, 6.45) is 5.15. The Morgan fingerprint density at radius 3 is 2.68 bits per heavy atom. The zero-order chi connectivity index (χ0) is 13.7. The Morgan fingerprint density at radius 2 is 2.11 bits per heavy atom. The first kappa shape index (κ1) is 14.4. The average Bonchev–Trinajstić information content (AvgIpc) is 3.27. The highest BCUT2D eigenvalue weighted by molar-refractivity contribution is 7.98. The van der Waals surface area contributed by atoms with Crippen molar-refractivity contribution in [1.29, 1.82) is 0 Å². The van der Waals surface area contributed by atoms with Crippen molar-refractivity contribution < 1.29 is 4.79 Å². The van der Waals surface area contributed by atoms with Gasteiger partial charge in [-0.05, 0) is 42.8 Å². The molecule has 2 rings (SSSR count). The van der Waals surface area contributed by atoms with E-state index in [1.54, 1.807) is 11.8 Å². The molecule has 1 aliphatic carbocycles. The number of carbonyl (C=O) groups is 1. The van der Waals surface area contributed by atoms with Crippen molar-refractivity contribution in [2.75, 3.05) is 12.0 Å². The molecular weight excluding hydrogens is 256 g/mol. The Morgan fingerprint density at radius 1 is 1.42 bits per heavy atom.